The van der Waals surface area contributed by atoms with E-state index in [1.54, 1.807) is 12.4 Å². The van der Waals surface area contributed by atoms with E-state index in [1.165, 1.54) is 17.8 Å². The molecule has 2 heterocycles. The van der Waals surface area contributed by atoms with Crippen LogP contribution in [-0.2, 0) is 4.74 Å². The van der Waals surface area contributed by atoms with Crippen molar-refractivity contribution in [2.45, 2.75) is 44.8 Å². The molecule has 0 aromatic carbocycles. The highest BCUT2D eigenvalue weighted by Crippen LogP contribution is 2.57. The van der Waals surface area contributed by atoms with Crippen LogP contribution in [0.2, 0.25) is 0 Å². The van der Waals surface area contributed by atoms with Crippen molar-refractivity contribution in [3.63, 3.8) is 0 Å². The molecule has 0 aliphatic heterocycles. The molecule has 0 saturated heterocycles. The van der Waals surface area contributed by atoms with Crippen LogP contribution in [0.15, 0.2) is 29.9 Å². The van der Waals surface area contributed by atoms with Gasteiger partial charge in [-0.05, 0) is 38.3 Å². The van der Waals surface area contributed by atoms with E-state index in [4.69, 9.17) is 4.74 Å². The van der Waals surface area contributed by atoms with Crippen molar-refractivity contribution in [3.05, 3.63) is 29.9 Å². The fourth-order valence-corrected chi connectivity index (χ4v) is 4.62. The first kappa shape index (κ1) is 16.5. The van der Waals surface area contributed by atoms with Crippen LogP contribution < -0.4 is 10.6 Å². The number of carbonyl (C=O) groups is 1. The first-order valence-electron chi connectivity index (χ1n) is 8.76. The Bertz CT molecular complexity index is 745. The van der Waals surface area contributed by atoms with Crippen molar-refractivity contribution in [2.75, 3.05) is 11.9 Å². The van der Waals surface area contributed by atoms with Gasteiger partial charge in [-0.2, -0.15) is 0 Å². The average Bonchev–Trinajstić information content (AvgIpc) is 3.01. The predicted molar refractivity (Wildman–Crippen MR) is 97.6 cm³/mol. The Hall–Kier alpha value is -1.99. The van der Waals surface area contributed by atoms with Gasteiger partial charge in [-0.3, -0.25) is 10.3 Å². The van der Waals surface area contributed by atoms with Gasteiger partial charge in [0.25, 0.3) is 0 Å². The molecule has 132 valence electrons. The van der Waals surface area contributed by atoms with Gasteiger partial charge < -0.3 is 10.1 Å². The molecule has 4 rings (SSSR count). The Balaban J connectivity index is 1.35. The van der Waals surface area contributed by atoms with Crippen LogP contribution >= 0.6 is 11.3 Å². The van der Waals surface area contributed by atoms with Gasteiger partial charge in [0.05, 0.1) is 11.8 Å². The number of urea groups is 1. The van der Waals surface area contributed by atoms with Gasteiger partial charge in [-0.25, -0.2) is 9.78 Å². The number of nitrogens with one attached hydrogen (secondary N) is 2. The maximum Gasteiger partial charge on any atom is 0.321 e. The Kier molecular flexibility index (Phi) is 4.43. The maximum atomic E-state index is 12.3. The summed E-state index contributed by atoms with van der Waals surface area (Å²) in [5, 5.41) is 8.50. The predicted octanol–water partition coefficient (Wildman–Crippen LogP) is 3.67. The minimum absolute atomic E-state index is 0.164. The van der Waals surface area contributed by atoms with Crippen LogP contribution in [0, 0.1) is 5.41 Å². The van der Waals surface area contributed by atoms with E-state index in [0.717, 1.165) is 37.1 Å². The van der Waals surface area contributed by atoms with E-state index >= 15 is 0 Å². The second-order valence-electron chi connectivity index (χ2n) is 6.70. The van der Waals surface area contributed by atoms with Crippen molar-refractivity contribution >= 4 is 22.5 Å². The van der Waals surface area contributed by atoms with Gasteiger partial charge in [0, 0.05) is 41.4 Å². The largest absolute Gasteiger partial charge is 0.378 e. The second kappa shape index (κ2) is 6.72. The lowest BCUT2D eigenvalue weighted by Crippen LogP contribution is -2.68. The summed E-state index contributed by atoms with van der Waals surface area (Å²) in [7, 11) is 0. The summed E-state index contributed by atoms with van der Waals surface area (Å²) in [6.07, 6.45) is 8.21. The van der Waals surface area contributed by atoms with Gasteiger partial charge in [-0.15, -0.1) is 11.3 Å². The minimum atomic E-state index is -0.182. The molecule has 2 aromatic heterocycles. The first-order valence-corrected chi connectivity index (χ1v) is 9.64. The molecule has 2 amide bonds. The van der Waals surface area contributed by atoms with Crippen LogP contribution in [0.1, 0.15) is 32.6 Å². The lowest BCUT2D eigenvalue weighted by molar-refractivity contribution is -0.169. The summed E-state index contributed by atoms with van der Waals surface area (Å²) < 4.78 is 5.83. The zero-order valence-corrected chi connectivity index (χ0v) is 15.0. The monoisotopic (exact) mass is 358 g/mol. The molecule has 1 spiro atoms. The molecule has 2 aliphatic carbocycles. The number of ether oxygens (including phenoxy) is 1. The number of amides is 2. The lowest BCUT2D eigenvalue weighted by atomic mass is 9.51. The number of carbonyl (C=O) groups excluding carboxylic acids is 1. The number of pyridine rings is 1. The third-order valence-corrected chi connectivity index (χ3v) is 6.18. The summed E-state index contributed by atoms with van der Waals surface area (Å²) in [6, 6.07) is 3.85. The Morgan fingerprint density at radius 2 is 2.36 bits per heavy atom. The van der Waals surface area contributed by atoms with E-state index in [0.29, 0.717) is 11.2 Å². The fourth-order valence-electron chi connectivity index (χ4n) is 3.91. The van der Waals surface area contributed by atoms with Crippen molar-refractivity contribution in [3.8, 4) is 11.3 Å². The highest BCUT2D eigenvalue weighted by Gasteiger charge is 2.59. The third-order valence-electron chi connectivity index (χ3n) is 5.42. The standard InChI is InChI=1S/C18H22N4O2S/c1-2-24-15-9-14(18(15)6-4-7-18)21-16(23)22-17-20-13(11-25-17)12-5-3-8-19-10-12/h3,5,8,10-11,14-15H,2,4,6-7,9H2,1H3,(H2,20,21,22,23)/t14-,15-/m0/s1. The number of thiazole rings is 1. The summed E-state index contributed by atoms with van der Waals surface area (Å²) >= 11 is 1.42. The molecule has 0 unspecified atom stereocenters. The molecule has 0 bridgehead atoms. The van der Waals surface area contributed by atoms with Crippen molar-refractivity contribution in [2.24, 2.45) is 5.41 Å². The number of aromatic nitrogens is 2. The van der Waals surface area contributed by atoms with Crippen LogP contribution in [0.4, 0.5) is 9.93 Å². The van der Waals surface area contributed by atoms with Gasteiger partial charge in [-0.1, -0.05) is 6.42 Å². The third kappa shape index (κ3) is 3.02. The number of nitrogens with zero attached hydrogens (tertiary/aromatic N) is 2. The summed E-state index contributed by atoms with van der Waals surface area (Å²) in [4.78, 5) is 20.9. The number of hydrogen-bond acceptors (Lipinski definition) is 5. The topological polar surface area (TPSA) is 76.1 Å². The van der Waals surface area contributed by atoms with E-state index in [-0.39, 0.29) is 17.5 Å². The van der Waals surface area contributed by atoms with Crippen LogP contribution in [0.25, 0.3) is 11.3 Å². The van der Waals surface area contributed by atoms with Gasteiger partial charge in [0.2, 0.25) is 0 Å². The number of rotatable bonds is 5. The highest BCUT2D eigenvalue weighted by atomic mass is 32.1. The molecule has 2 saturated carbocycles. The molecule has 7 heteroatoms. The molecule has 2 N–H and O–H groups in total. The molecular formula is C18H22N4O2S. The molecular weight excluding hydrogens is 336 g/mol. The molecule has 2 atom stereocenters. The SMILES string of the molecule is CCO[C@H]1C[C@H](NC(=O)Nc2nc(-c3cccnc3)cs2)C12CCC2. The Morgan fingerprint density at radius 1 is 1.48 bits per heavy atom. The quantitative estimate of drug-likeness (QED) is 0.855. The molecule has 2 fully saturated rings. The average molecular weight is 358 g/mol. The van der Waals surface area contributed by atoms with Crippen molar-refractivity contribution in [1.29, 1.82) is 0 Å². The zero-order valence-electron chi connectivity index (χ0n) is 14.2. The molecule has 0 radical (unpaired) electrons. The van der Waals surface area contributed by atoms with Crippen molar-refractivity contribution < 1.29 is 9.53 Å². The molecule has 2 aliphatic rings. The maximum absolute atomic E-state index is 12.3. The van der Waals surface area contributed by atoms with Gasteiger partial charge >= 0.3 is 6.03 Å². The summed E-state index contributed by atoms with van der Waals surface area (Å²) in [5.74, 6) is 0. The number of anilines is 1. The highest BCUT2D eigenvalue weighted by molar-refractivity contribution is 7.14. The first-order chi connectivity index (χ1) is 12.2. The summed E-state index contributed by atoms with van der Waals surface area (Å²) in [5.41, 5.74) is 1.93. The van der Waals surface area contributed by atoms with E-state index in [2.05, 4.69) is 20.6 Å². The summed E-state index contributed by atoms with van der Waals surface area (Å²) in [6.45, 7) is 2.77. The molecule has 25 heavy (non-hydrogen) atoms. The number of hydrogen-bond donors (Lipinski definition) is 2. The Morgan fingerprint density at radius 3 is 3.04 bits per heavy atom. The van der Waals surface area contributed by atoms with E-state index < -0.39 is 0 Å². The molecule has 2 aromatic rings. The smallest absolute Gasteiger partial charge is 0.321 e. The zero-order chi connectivity index (χ0) is 17.3. The second-order valence-corrected chi connectivity index (χ2v) is 7.56. The van der Waals surface area contributed by atoms with E-state index in [1.807, 2.05) is 24.4 Å². The van der Waals surface area contributed by atoms with Crippen LogP contribution in [0.5, 0.6) is 0 Å². The van der Waals surface area contributed by atoms with Crippen LogP contribution in [0.3, 0.4) is 0 Å². The van der Waals surface area contributed by atoms with Gasteiger partial charge in [0.1, 0.15) is 0 Å². The van der Waals surface area contributed by atoms with Crippen LogP contribution in [-0.4, -0.2) is 34.8 Å². The van der Waals surface area contributed by atoms with Crippen molar-refractivity contribution in [1.82, 2.24) is 15.3 Å². The molecule has 6 nitrogen and oxygen atoms in total. The van der Waals surface area contributed by atoms with Gasteiger partial charge in [0.15, 0.2) is 5.13 Å². The Labute approximate surface area is 151 Å². The fraction of sp³-hybridized carbons (Fsp3) is 0.500. The minimum Gasteiger partial charge on any atom is -0.378 e. The normalized spacial score (nSPS) is 23.6. The lowest BCUT2D eigenvalue weighted by Gasteiger charge is -2.60. The van der Waals surface area contributed by atoms with E-state index in [9.17, 15) is 4.79 Å².